The van der Waals surface area contributed by atoms with Crippen molar-refractivity contribution in [2.24, 2.45) is 0 Å². The Morgan fingerprint density at radius 3 is 2.53 bits per heavy atom. The van der Waals surface area contributed by atoms with Gasteiger partial charge in [0.1, 0.15) is 16.9 Å². The number of carbonyl (C=O) groups is 2. The molecule has 1 aliphatic heterocycles. The molecule has 92 valence electrons. The number of amides is 1. The molecule has 0 unspecified atom stereocenters. The molecular formula is C11H14N2O3S. The third-order valence-corrected chi connectivity index (χ3v) is 3.28. The van der Waals surface area contributed by atoms with Crippen LogP contribution < -0.4 is 10.6 Å². The van der Waals surface area contributed by atoms with Gasteiger partial charge in [0, 0.05) is 6.92 Å². The van der Waals surface area contributed by atoms with Gasteiger partial charge in [0.25, 0.3) is 0 Å². The first kappa shape index (κ1) is 12.0. The molecule has 1 aromatic rings. The molecular weight excluding hydrogens is 240 g/mol. The van der Waals surface area contributed by atoms with Gasteiger partial charge in [0.2, 0.25) is 5.91 Å². The number of nitrogens with one attached hydrogen (secondary N) is 2. The average molecular weight is 254 g/mol. The minimum Gasteiger partial charge on any atom is -0.442 e. The maximum absolute atomic E-state index is 11.8. The second-order valence-corrected chi connectivity index (χ2v) is 5.21. The van der Waals surface area contributed by atoms with Crippen molar-refractivity contribution in [1.82, 2.24) is 0 Å². The van der Waals surface area contributed by atoms with E-state index >= 15 is 0 Å². The highest BCUT2D eigenvalue weighted by Crippen LogP contribution is 2.43. The lowest BCUT2D eigenvalue weighted by Crippen LogP contribution is -2.47. The molecule has 2 heterocycles. The predicted octanol–water partition coefficient (Wildman–Crippen LogP) is 2.35. The van der Waals surface area contributed by atoms with E-state index < -0.39 is 5.54 Å². The summed E-state index contributed by atoms with van der Waals surface area (Å²) in [5, 5.41) is 6.37. The second-order valence-electron chi connectivity index (χ2n) is 4.43. The standard InChI is InChI=1S/C11H14N2O3S/c1-5(14)8-6-7(9(16-8)17-4)12-10(15)11(2,3)13-6/h13H,1-4H3,(H,12,15). The molecule has 2 N–H and O–H groups in total. The maximum atomic E-state index is 11.8. The summed E-state index contributed by atoms with van der Waals surface area (Å²) in [6, 6.07) is 0. The molecule has 0 spiro atoms. The third kappa shape index (κ3) is 1.82. The molecule has 5 nitrogen and oxygen atoms in total. The molecule has 6 heteroatoms. The number of hydrogen-bond donors (Lipinski definition) is 2. The van der Waals surface area contributed by atoms with Gasteiger partial charge in [0.15, 0.2) is 16.6 Å². The molecule has 1 aromatic heterocycles. The Morgan fingerprint density at radius 2 is 2.00 bits per heavy atom. The molecule has 0 atom stereocenters. The molecule has 0 fully saturated rings. The van der Waals surface area contributed by atoms with Crippen LogP contribution in [-0.4, -0.2) is 23.5 Å². The summed E-state index contributed by atoms with van der Waals surface area (Å²) in [6.45, 7) is 4.94. The summed E-state index contributed by atoms with van der Waals surface area (Å²) < 4.78 is 5.46. The monoisotopic (exact) mass is 254 g/mol. The third-order valence-electron chi connectivity index (χ3n) is 2.62. The van der Waals surface area contributed by atoms with Gasteiger partial charge >= 0.3 is 0 Å². The number of ketones is 1. The van der Waals surface area contributed by atoms with Crippen LogP contribution in [0, 0.1) is 0 Å². The molecule has 0 saturated carbocycles. The van der Waals surface area contributed by atoms with Crippen LogP contribution in [0.2, 0.25) is 0 Å². The molecule has 0 radical (unpaired) electrons. The van der Waals surface area contributed by atoms with Gasteiger partial charge in [0.05, 0.1) is 0 Å². The number of Topliss-reactive ketones (excluding diaryl/α,β-unsaturated/α-hetero) is 1. The van der Waals surface area contributed by atoms with E-state index in [4.69, 9.17) is 4.42 Å². The average Bonchev–Trinajstić information content (AvgIpc) is 2.56. The highest BCUT2D eigenvalue weighted by molar-refractivity contribution is 7.98. The fourth-order valence-electron chi connectivity index (χ4n) is 1.67. The first-order chi connectivity index (χ1) is 7.86. The van der Waals surface area contributed by atoms with Crippen molar-refractivity contribution in [2.75, 3.05) is 16.9 Å². The quantitative estimate of drug-likeness (QED) is 0.626. The molecule has 17 heavy (non-hydrogen) atoms. The molecule has 2 rings (SSSR count). The van der Waals surface area contributed by atoms with Crippen molar-refractivity contribution >= 4 is 34.8 Å². The van der Waals surface area contributed by atoms with E-state index in [1.54, 1.807) is 13.8 Å². The largest absolute Gasteiger partial charge is 0.442 e. The van der Waals surface area contributed by atoms with Crippen molar-refractivity contribution in [3.8, 4) is 0 Å². The summed E-state index contributed by atoms with van der Waals surface area (Å²) in [5.74, 6) is -0.0466. The highest BCUT2D eigenvalue weighted by Gasteiger charge is 2.38. The van der Waals surface area contributed by atoms with Crippen molar-refractivity contribution < 1.29 is 14.0 Å². The Morgan fingerprint density at radius 1 is 1.35 bits per heavy atom. The van der Waals surface area contributed by atoms with Crippen LogP contribution >= 0.6 is 11.8 Å². The number of thioether (sulfide) groups is 1. The van der Waals surface area contributed by atoms with E-state index in [0.29, 0.717) is 16.5 Å². The summed E-state index contributed by atoms with van der Waals surface area (Å²) in [6.07, 6.45) is 1.83. The van der Waals surface area contributed by atoms with E-state index in [9.17, 15) is 9.59 Å². The molecule has 0 aliphatic carbocycles. The van der Waals surface area contributed by atoms with Crippen LogP contribution in [-0.2, 0) is 4.79 Å². The van der Waals surface area contributed by atoms with Crippen LogP contribution in [0.1, 0.15) is 31.3 Å². The van der Waals surface area contributed by atoms with Crippen LogP contribution in [0.3, 0.4) is 0 Å². The molecule has 1 amide bonds. The Labute approximate surface area is 103 Å². The van der Waals surface area contributed by atoms with Gasteiger partial charge < -0.3 is 15.1 Å². The van der Waals surface area contributed by atoms with E-state index in [1.807, 2.05) is 6.26 Å². The first-order valence-electron chi connectivity index (χ1n) is 5.18. The van der Waals surface area contributed by atoms with Crippen molar-refractivity contribution in [3.63, 3.8) is 0 Å². The summed E-state index contributed by atoms with van der Waals surface area (Å²) >= 11 is 1.35. The minimum atomic E-state index is -0.753. The zero-order chi connectivity index (χ0) is 12.8. The smallest absolute Gasteiger partial charge is 0.249 e. The fourth-order valence-corrected chi connectivity index (χ4v) is 2.20. The zero-order valence-electron chi connectivity index (χ0n) is 10.1. The maximum Gasteiger partial charge on any atom is 0.249 e. The zero-order valence-corrected chi connectivity index (χ0v) is 10.9. The SMILES string of the molecule is CSc1oc(C(C)=O)c2c1NC(=O)C(C)(C)N2. The minimum absolute atomic E-state index is 0.142. The Balaban J connectivity index is 2.58. The van der Waals surface area contributed by atoms with Gasteiger partial charge in [-0.1, -0.05) is 11.8 Å². The molecule has 0 aromatic carbocycles. The predicted molar refractivity (Wildman–Crippen MR) is 66.8 cm³/mol. The Hall–Kier alpha value is -1.43. The summed E-state index contributed by atoms with van der Waals surface area (Å²) in [5.41, 5.74) is 0.384. The number of anilines is 2. The Kier molecular flexibility index (Phi) is 2.69. The van der Waals surface area contributed by atoms with Gasteiger partial charge in [-0.15, -0.1) is 0 Å². The second kappa shape index (κ2) is 3.80. The van der Waals surface area contributed by atoms with Crippen LogP contribution in [0.5, 0.6) is 0 Å². The number of carbonyl (C=O) groups excluding carboxylic acids is 2. The summed E-state index contributed by atoms with van der Waals surface area (Å²) in [4.78, 5) is 23.3. The van der Waals surface area contributed by atoms with E-state index in [1.165, 1.54) is 18.7 Å². The first-order valence-corrected chi connectivity index (χ1v) is 6.40. The van der Waals surface area contributed by atoms with Crippen LogP contribution in [0.4, 0.5) is 11.4 Å². The normalized spacial score (nSPS) is 17.1. The molecule has 0 saturated heterocycles. The van der Waals surface area contributed by atoms with E-state index in [2.05, 4.69) is 10.6 Å². The van der Waals surface area contributed by atoms with Gasteiger partial charge in [-0.05, 0) is 20.1 Å². The lowest BCUT2D eigenvalue weighted by atomic mass is 10.0. The molecule has 1 aliphatic rings. The fraction of sp³-hybridized carbons (Fsp3) is 0.455. The molecule has 0 bridgehead atoms. The van der Waals surface area contributed by atoms with Gasteiger partial charge in [-0.2, -0.15) is 0 Å². The van der Waals surface area contributed by atoms with Crippen LogP contribution in [0.15, 0.2) is 9.51 Å². The number of fused-ring (bicyclic) bond motifs is 1. The van der Waals surface area contributed by atoms with Gasteiger partial charge in [-0.3, -0.25) is 9.59 Å². The lowest BCUT2D eigenvalue weighted by Gasteiger charge is -2.30. The highest BCUT2D eigenvalue weighted by atomic mass is 32.2. The number of rotatable bonds is 2. The number of furan rings is 1. The van der Waals surface area contributed by atoms with Crippen molar-refractivity contribution in [2.45, 2.75) is 31.4 Å². The van der Waals surface area contributed by atoms with Gasteiger partial charge in [-0.25, -0.2) is 0 Å². The van der Waals surface area contributed by atoms with E-state index in [0.717, 1.165) is 0 Å². The van der Waals surface area contributed by atoms with E-state index in [-0.39, 0.29) is 17.5 Å². The topological polar surface area (TPSA) is 71.3 Å². The summed E-state index contributed by atoms with van der Waals surface area (Å²) in [7, 11) is 0. The Bertz CT molecular complexity index is 505. The number of hydrogen-bond acceptors (Lipinski definition) is 5. The van der Waals surface area contributed by atoms with Crippen molar-refractivity contribution in [1.29, 1.82) is 0 Å². The lowest BCUT2D eigenvalue weighted by molar-refractivity contribution is -0.119. The van der Waals surface area contributed by atoms with Crippen molar-refractivity contribution in [3.05, 3.63) is 5.76 Å². The van der Waals surface area contributed by atoms with Crippen LogP contribution in [0.25, 0.3) is 0 Å².